The van der Waals surface area contributed by atoms with Crippen molar-refractivity contribution in [2.45, 2.75) is 26.9 Å². The van der Waals surface area contributed by atoms with Crippen molar-refractivity contribution in [3.05, 3.63) is 66.5 Å². The average Bonchev–Trinajstić information content (AvgIpc) is 3.45. The Morgan fingerprint density at radius 3 is 2.62 bits per heavy atom. The van der Waals surface area contributed by atoms with Gasteiger partial charge >= 0.3 is 0 Å². The van der Waals surface area contributed by atoms with Crippen LogP contribution < -0.4 is 0 Å². The molecule has 0 fully saturated rings. The number of aromatic nitrogens is 7. The van der Waals surface area contributed by atoms with E-state index in [9.17, 15) is 4.39 Å². The number of benzene rings is 1. The zero-order valence-electron chi connectivity index (χ0n) is 17.3. The van der Waals surface area contributed by atoms with Crippen LogP contribution in [0.3, 0.4) is 0 Å². The molecule has 1 aromatic carbocycles. The van der Waals surface area contributed by atoms with Crippen molar-refractivity contribution in [3.8, 4) is 22.8 Å². The zero-order chi connectivity index (χ0) is 20.7. The molecular weight excluding hydrogens is 456 g/mol. The molecule has 5 rings (SSSR count). The first-order chi connectivity index (χ1) is 14.6. The summed E-state index contributed by atoms with van der Waals surface area (Å²) in [5.41, 5.74) is 2.96. The topological polar surface area (TPSA) is 87.5 Å². The van der Waals surface area contributed by atoms with Crippen LogP contribution in [0.25, 0.3) is 34.0 Å². The summed E-state index contributed by atoms with van der Waals surface area (Å²) >= 11 is 0. The first-order valence-electron chi connectivity index (χ1n) is 9.55. The molecule has 5 aromatic rings. The van der Waals surface area contributed by atoms with Gasteiger partial charge in [-0.1, -0.05) is 12.1 Å². The lowest BCUT2D eigenvalue weighted by molar-refractivity contribution is 0.532. The fourth-order valence-corrected chi connectivity index (χ4v) is 3.52. The fraction of sp³-hybridized carbons (Fsp3) is 0.190. The van der Waals surface area contributed by atoms with Gasteiger partial charge < -0.3 is 13.6 Å². The normalized spacial score (nSPS) is 10.7. The van der Waals surface area contributed by atoms with E-state index in [2.05, 4.69) is 20.2 Å². The van der Waals surface area contributed by atoms with Gasteiger partial charge in [-0.05, 0) is 25.1 Å². The van der Waals surface area contributed by atoms with E-state index in [-0.39, 0.29) is 30.6 Å². The summed E-state index contributed by atoms with van der Waals surface area (Å²) in [7, 11) is 0. The Morgan fingerprint density at radius 2 is 1.91 bits per heavy atom. The van der Waals surface area contributed by atoms with Gasteiger partial charge in [0.25, 0.3) is 0 Å². The number of nitrogens with zero attached hydrogens (tertiary/aromatic N) is 7. The van der Waals surface area contributed by atoms with Crippen molar-refractivity contribution < 1.29 is 8.81 Å². The molecule has 0 aliphatic rings. The van der Waals surface area contributed by atoms with E-state index in [4.69, 9.17) is 9.40 Å². The van der Waals surface area contributed by atoms with Crippen molar-refractivity contribution in [3.63, 3.8) is 0 Å². The Kier molecular flexibility index (Phi) is 6.90. The molecule has 0 spiro atoms. The van der Waals surface area contributed by atoms with E-state index in [1.165, 1.54) is 12.1 Å². The Bertz CT molecular complexity index is 1360. The largest absolute Gasteiger partial charge is 0.421 e. The van der Waals surface area contributed by atoms with E-state index in [0.29, 0.717) is 36.3 Å². The number of hydrogen-bond donors (Lipinski definition) is 0. The number of halogens is 3. The molecule has 11 heteroatoms. The lowest BCUT2D eigenvalue weighted by atomic mass is 10.2. The van der Waals surface area contributed by atoms with Crippen LogP contribution >= 0.6 is 24.8 Å². The monoisotopic (exact) mass is 475 g/mol. The number of hydrogen-bond acceptors (Lipinski definition) is 6. The van der Waals surface area contributed by atoms with Crippen molar-refractivity contribution in [2.75, 3.05) is 0 Å². The Morgan fingerprint density at radius 1 is 1.06 bits per heavy atom. The predicted octanol–water partition coefficient (Wildman–Crippen LogP) is 4.70. The first kappa shape index (κ1) is 23.4. The molecule has 0 saturated carbocycles. The Labute approximate surface area is 195 Å². The maximum absolute atomic E-state index is 13.7. The molecule has 4 heterocycles. The fourth-order valence-electron chi connectivity index (χ4n) is 3.52. The van der Waals surface area contributed by atoms with Gasteiger partial charge in [0, 0.05) is 37.6 Å². The zero-order valence-corrected chi connectivity index (χ0v) is 18.9. The summed E-state index contributed by atoms with van der Waals surface area (Å²) in [5, 5.41) is 7.92. The molecule has 0 aliphatic heterocycles. The van der Waals surface area contributed by atoms with Crippen LogP contribution in [0.15, 0.2) is 53.3 Å². The van der Waals surface area contributed by atoms with Crippen molar-refractivity contribution in [1.29, 1.82) is 0 Å². The summed E-state index contributed by atoms with van der Waals surface area (Å²) < 4.78 is 23.2. The third-order valence-corrected chi connectivity index (χ3v) is 4.86. The van der Waals surface area contributed by atoms with Gasteiger partial charge in [-0.25, -0.2) is 19.3 Å². The summed E-state index contributed by atoms with van der Waals surface area (Å²) in [6.45, 7) is 4.98. The molecular formula is C21H20Cl2FN7O. The van der Waals surface area contributed by atoms with Crippen LogP contribution in [0.5, 0.6) is 0 Å². The molecule has 0 bridgehead atoms. The second-order valence-electron chi connectivity index (χ2n) is 6.85. The van der Waals surface area contributed by atoms with Crippen LogP contribution in [-0.2, 0) is 13.1 Å². The van der Waals surface area contributed by atoms with Gasteiger partial charge in [0.15, 0.2) is 5.65 Å². The van der Waals surface area contributed by atoms with Gasteiger partial charge in [-0.2, -0.15) is 0 Å². The van der Waals surface area contributed by atoms with Crippen molar-refractivity contribution in [2.24, 2.45) is 0 Å². The molecule has 0 N–H and O–H groups in total. The SMILES string of the molecule is CCn1c(Cn2ccnc2-c2cccc(F)c2)nc2cc(-c3nnc(C)o3)cnc21.Cl.Cl. The highest BCUT2D eigenvalue weighted by atomic mass is 35.5. The molecule has 0 unspecified atom stereocenters. The molecule has 166 valence electrons. The molecule has 0 amide bonds. The first-order valence-corrected chi connectivity index (χ1v) is 9.55. The summed E-state index contributed by atoms with van der Waals surface area (Å²) in [5.74, 6) is 2.12. The summed E-state index contributed by atoms with van der Waals surface area (Å²) in [4.78, 5) is 13.8. The number of imidazole rings is 2. The number of pyridine rings is 1. The molecule has 32 heavy (non-hydrogen) atoms. The van der Waals surface area contributed by atoms with Gasteiger partial charge in [-0.3, -0.25) is 0 Å². The molecule has 0 saturated heterocycles. The smallest absolute Gasteiger partial charge is 0.249 e. The van der Waals surface area contributed by atoms with Crippen molar-refractivity contribution >= 4 is 36.0 Å². The minimum Gasteiger partial charge on any atom is -0.421 e. The number of rotatable bonds is 5. The second kappa shape index (κ2) is 9.46. The average molecular weight is 476 g/mol. The lowest BCUT2D eigenvalue weighted by Crippen LogP contribution is -2.09. The van der Waals surface area contributed by atoms with Gasteiger partial charge in [0.1, 0.15) is 23.0 Å². The molecule has 0 atom stereocenters. The minimum atomic E-state index is -0.296. The highest BCUT2D eigenvalue weighted by Crippen LogP contribution is 2.24. The third kappa shape index (κ3) is 4.21. The second-order valence-corrected chi connectivity index (χ2v) is 6.85. The highest BCUT2D eigenvalue weighted by molar-refractivity contribution is 5.85. The molecule has 0 aliphatic carbocycles. The maximum atomic E-state index is 13.7. The van der Waals surface area contributed by atoms with Crippen LogP contribution in [0.2, 0.25) is 0 Å². The van der Waals surface area contributed by atoms with Crippen LogP contribution in [0.1, 0.15) is 18.6 Å². The van der Waals surface area contributed by atoms with Gasteiger partial charge in [0.2, 0.25) is 11.8 Å². The van der Waals surface area contributed by atoms with E-state index >= 15 is 0 Å². The quantitative estimate of drug-likeness (QED) is 0.365. The Hall–Kier alpha value is -3.30. The number of fused-ring (bicyclic) bond motifs is 1. The van der Waals surface area contributed by atoms with Gasteiger partial charge in [0.05, 0.1) is 12.1 Å². The number of aryl methyl sites for hydroxylation is 2. The molecule has 0 radical (unpaired) electrons. The maximum Gasteiger partial charge on any atom is 0.249 e. The summed E-state index contributed by atoms with van der Waals surface area (Å²) in [6.07, 6.45) is 5.27. The van der Waals surface area contributed by atoms with E-state index < -0.39 is 0 Å². The van der Waals surface area contributed by atoms with Gasteiger partial charge in [-0.15, -0.1) is 35.0 Å². The predicted molar refractivity (Wildman–Crippen MR) is 122 cm³/mol. The lowest BCUT2D eigenvalue weighted by Gasteiger charge is -2.09. The third-order valence-electron chi connectivity index (χ3n) is 4.86. The van der Waals surface area contributed by atoms with Crippen LogP contribution in [0, 0.1) is 12.7 Å². The standard InChI is InChI=1S/C21H18FN7O.2ClH/c1-3-29-18(12-28-8-7-23-19(28)14-5-4-6-16(22)9-14)25-17-10-15(11-24-20(17)29)21-27-26-13(2)30-21;;/h4-11H,3,12H2,1-2H3;2*1H. The molecule has 4 aromatic heterocycles. The Balaban J connectivity index is 0.00000144. The van der Waals surface area contributed by atoms with Crippen LogP contribution in [-0.4, -0.2) is 34.3 Å². The molecule has 8 nitrogen and oxygen atoms in total. The van der Waals surface area contributed by atoms with Crippen LogP contribution in [0.4, 0.5) is 4.39 Å². The highest BCUT2D eigenvalue weighted by Gasteiger charge is 2.16. The van der Waals surface area contributed by atoms with E-state index in [1.807, 2.05) is 34.4 Å². The minimum absolute atomic E-state index is 0. The van der Waals surface area contributed by atoms with E-state index in [0.717, 1.165) is 22.6 Å². The van der Waals surface area contributed by atoms with Crippen molar-refractivity contribution in [1.82, 2.24) is 34.3 Å². The van der Waals surface area contributed by atoms with E-state index in [1.54, 1.807) is 25.4 Å². The summed E-state index contributed by atoms with van der Waals surface area (Å²) in [6, 6.07) is 8.30.